The number of ether oxygens (including phenoxy) is 2. The molecule has 0 aliphatic rings. The number of carbonyl (C=O) groups excluding carboxylic acids is 2. The lowest BCUT2D eigenvalue weighted by molar-refractivity contribution is -0.122. The van der Waals surface area contributed by atoms with Gasteiger partial charge in [0.2, 0.25) is 11.8 Å². The van der Waals surface area contributed by atoms with Gasteiger partial charge in [-0.05, 0) is 75.4 Å². The van der Waals surface area contributed by atoms with Crippen molar-refractivity contribution < 1.29 is 70.6 Å². The Labute approximate surface area is 350 Å². The topological polar surface area (TPSA) is 163 Å². The Morgan fingerprint density at radius 1 is 0.679 bits per heavy atom. The number of hydrogen-bond donors (Lipinski definition) is 4. The van der Waals surface area contributed by atoms with Gasteiger partial charge in [0, 0.05) is 49.6 Å². The minimum Gasteiger partial charge on any atom is -0.380 e. The summed E-state index contributed by atoms with van der Waals surface area (Å²) < 4.78 is 122. The zero-order valence-corrected chi connectivity index (χ0v) is 38.2. The molecule has 0 bridgehead atoms. The van der Waals surface area contributed by atoms with Crippen molar-refractivity contribution in [3.63, 3.8) is 0 Å². The average molecular weight is 943 g/mol. The number of amides is 2. The number of halogens is 6. The summed E-state index contributed by atoms with van der Waals surface area (Å²) in [7, 11) is -9.78. The lowest BCUT2D eigenvalue weighted by atomic mass is 10.1. The summed E-state index contributed by atoms with van der Waals surface area (Å²) in [4.78, 5) is 23.0. The molecule has 0 aromatic carbocycles. The highest BCUT2D eigenvalue weighted by Gasteiger charge is 2.47. The molecule has 2 unspecified atom stereocenters. The standard InChI is InChI=1S/C15H31NO2S2.C13H27NO2S2.2C2H3F3O3S/c1-4-11-18-12-10-16-15(17)8-6-5-7-14(20-3)9-13-19-2;1-2-9-16-10-8-14-13(15)6-4-3-5-12(18)7-11-17;2*1-8-9(6,7)2(3,4)5/h14H,4-13H2,1-3H3,(H,16,17);12,17-18H,2-11H2,1H3,(H,14,15);2*1H3. The molecule has 0 fully saturated rings. The highest BCUT2D eigenvalue weighted by atomic mass is 32.2. The van der Waals surface area contributed by atoms with E-state index in [9.17, 15) is 52.8 Å². The summed E-state index contributed by atoms with van der Waals surface area (Å²) >= 11 is 12.5. The smallest absolute Gasteiger partial charge is 0.380 e. The first-order chi connectivity index (χ1) is 26.1. The number of thioether (sulfide) groups is 2. The molecule has 340 valence electrons. The van der Waals surface area contributed by atoms with E-state index in [0.717, 1.165) is 75.6 Å². The zero-order chi connectivity index (χ0) is 44.1. The van der Waals surface area contributed by atoms with Gasteiger partial charge in [-0.1, -0.05) is 26.7 Å². The van der Waals surface area contributed by atoms with Crippen molar-refractivity contribution in [2.45, 2.75) is 112 Å². The minimum absolute atomic E-state index is 0.125. The van der Waals surface area contributed by atoms with Crippen LogP contribution in [0.2, 0.25) is 0 Å². The van der Waals surface area contributed by atoms with Gasteiger partial charge in [0.05, 0.1) is 27.4 Å². The Hall–Kier alpha value is -0.340. The van der Waals surface area contributed by atoms with Crippen molar-refractivity contribution in [3.05, 3.63) is 0 Å². The largest absolute Gasteiger partial charge is 0.523 e. The first kappa shape index (κ1) is 62.3. The molecule has 56 heavy (non-hydrogen) atoms. The number of alkyl halides is 6. The van der Waals surface area contributed by atoms with Crippen LogP contribution in [0.3, 0.4) is 0 Å². The monoisotopic (exact) mass is 942 g/mol. The summed E-state index contributed by atoms with van der Waals surface area (Å²) in [6.45, 7) is 8.20. The zero-order valence-electron chi connectivity index (χ0n) is 33.2. The molecule has 12 nitrogen and oxygen atoms in total. The Morgan fingerprint density at radius 3 is 1.39 bits per heavy atom. The lowest BCUT2D eigenvalue weighted by Crippen LogP contribution is -2.27. The van der Waals surface area contributed by atoms with Crippen LogP contribution in [0.25, 0.3) is 0 Å². The first-order valence-electron chi connectivity index (χ1n) is 17.8. The number of hydrogen-bond acceptors (Lipinski definition) is 14. The van der Waals surface area contributed by atoms with Crippen molar-refractivity contribution in [2.24, 2.45) is 0 Å². The molecular formula is C32H64F6N2O10S6. The molecular weight excluding hydrogens is 879 g/mol. The molecule has 24 heteroatoms. The molecule has 2 atom stereocenters. The summed E-state index contributed by atoms with van der Waals surface area (Å²) in [6, 6.07) is 0. The molecule has 0 heterocycles. The quantitative estimate of drug-likeness (QED) is 0.0205. The van der Waals surface area contributed by atoms with Crippen LogP contribution in [0.15, 0.2) is 0 Å². The summed E-state index contributed by atoms with van der Waals surface area (Å²) in [5.74, 6) is 2.41. The van der Waals surface area contributed by atoms with Gasteiger partial charge in [-0.15, -0.1) is 0 Å². The molecule has 0 saturated heterocycles. The molecule has 0 rings (SSSR count). The Bertz CT molecular complexity index is 1110. The second-order valence-corrected chi connectivity index (χ2v) is 18.1. The molecule has 0 aromatic heterocycles. The van der Waals surface area contributed by atoms with Gasteiger partial charge in [-0.25, -0.2) is 0 Å². The number of rotatable bonds is 28. The molecule has 2 N–H and O–H groups in total. The van der Waals surface area contributed by atoms with Gasteiger partial charge in [-0.2, -0.15) is 92.0 Å². The third-order valence-electron chi connectivity index (χ3n) is 6.65. The second-order valence-electron chi connectivity index (χ2n) is 11.4. The summed E-state index contributed by atoms with van der Waals surface area (Å²) in [5, 5.41) is 6.95. The SMILES string of the molecule is CCCOCCNC(=O)CCCCC(CCSC)SC.CCCOCCNC(=O)CCCCC(S)CCS.COS(=O)(=O)C(F)(F)F.COS(=O)(=O)C(F)(F)F. The summed E-state index contributed by atoms with van der Waals surface area (Å²) in [6.07, 6.45) is 16.4. The van der Waals surface area contributed by atoms with E-state index >= 15 is 0 Å². The molecule has 0 spiro atoms. The van der Waals surface area contributed by atoms with Crippen molar-refractivity contribution >= 4 is 80.8 Å². The molecule has 0 aliphatic carbocycles. The maximum atomic E-state index is 11.6. The van der Waals surface area contributed by atoms with Crippen LogP contribution in [0.1, 0.15) is 90.9 Å². The maximum Gasteiger partial charge on any atom is 0.523 e. The van der Waals surface area contributed by atoms with Crippen molar-refractivity contribution in [3.8, 4) is 0 Å². The van der Waals surface area contributed by atoms with Crippen LogP contribution in [-0.2, 0) is 47.7 Å². The van der Waals surface area contributed by atoms with Crippen LogP contribution < -0.4 is 10.6 Å². The number of unbranched alkanes of at least 4 members (excludes halogenated alkanes) is 2. The van der Waals surface area contributed by atoms with Gasteiger partial charge in [0.1, 0.15) is 0 Å². The van der Waals surface area contributed by atoms with Gasteiger partial charge < -0.3 is 20.1 Å². The maximum absolute atomic E-state index is 11.6. The lowest BCUT2D eigenvalue weighted by Gasteiger charge is -2.13. The highest BCUT2D eigenvalue weighted by molar-refractivity contribution is 7.99. The number of carbonyl (C=O) groups is 2. The van der Waals surface area contributed by atoms with Crippen LogP contribution in [0.4, 0.5) is 26.3 Å². The predicted molar refractivity (Wildman–Crippen MR) is 221 cm³/mol. The minimum atomic E-state index is -5.34. The van der Waals surface area contributed by atoms with Gasteiger partial charge in [-0.3, -0.25) is 18.0 Å². The van der Waals surface area contributed by atoms with E-state index < -0.39 is 31.3 Å². The first-order valence-corrected chi connectivity index (χ1v) is 24.4. The van der Waals surface area contributed by atoms with Crippen LogP contribution >= 0.6 is 48.8 Å². The summed E-state index contributed by atoms with van der Waals surface area (Å²) in [5.41, 5.74) is -10.6. The van der Waals surface area contributed by atoms with E-state index in [4.69, 9.17) is 9.47 Å². The van der Waals surface area contributed by atoms with Crippen molar-refractivity contribution in [1.82, 2.24) is 10.6 Å². The molecule has 2 amide bonds. The van der Waals surface area contributed by atoms with Crippen LogP contribution in [0.5, 0.6) is 0 Å². The van der Waals surface area contributed by atoms with E-state index in [2.05, 4.69) is 70.6 Å². The van der Waals surface area contributed by atoms with Crippen LogP contribution in [-0.4, -0.2) is 128 Å². The molecule has 0 saturated carbocycles. The van der Waals surface area contributed by atoms with E-state index in [1.165, 1.54) is 18.6 Å². The average Bonchev–Trinajstić information content (AvgIpc) is 3.13. The Balaban J connectivity index is -0.000000342. The molecule has 0 radical (unpaired) electrons. The van der Waals surface area contributed by atoms with E-state index in [-0.39, 0.29) is 11.8 Å². The Morgan fingerprint density at radius 2 is 1.09 bits per heavy atom. The van der Waals surface area contributed by atoms with Gasteiger partial charge in [0.15, 0.2) is 0 Å². The fourth-order valence-electron chi connectivity index (χ4n) is 3.63. The van der Waals surface area contributed by atoms with E-state index in [1.807, 2.05) is 23.5 Å². The van der Waals surface area contributed by atoms with E-state index in [0.29, 0.717) is 58.6 Å². The van der Waals surface area contributed by atoms with Crippen molar-refractivity contribution in [2.75, 3.05) is 77.8 Å². The third kappa shape index (κ3) is 40.4. The van der Waals surface area contributed by atoms with Crippen molar-refractivity contribution in [1.29, 1.82) is 0 Å². The molecule has 0 aliphatic heterocycles. The predicted octanol–water partition coefficient (Wildman–Crippen LogP) is 7.25. The number of nitrogens with one attached hydrogen (secondary N) is 2. The third-order valence-corrected chi connectivity index (χ3v) is 11.2. The highest BCUT2D eigenvalue weighted by Crippen LogP contribution is 2.24. The second kappa shape index (κ2) is 38.8. The van der Waals surface area contributed by atoms with Gasteiger partial charge in [0.25, 0.3) is 0 Å². The van der Waals surface area contributed by atoms with Gasteiger partial charge >= 0.3 is 31.3 Å². The normalized spacial score (nSPS) is 12.8. The molecule has 0 aromatic rings. The fourth-order valence-corrected chi connectivity index (χ4v) is 6.26. The Kier molecular flexibility index (Phi) is 43.2. The van der Waals surface area contributed by atoms with E-state index in [1.54, 1.807) is 0 Å². The van der Waals surface area contributed by atoms with Crippen LogP contribution in [0, 0.1) is 0 Å². The number of thiol groups is 2. The fraction of sp³-hybridized carbons (Fsp3) is 0.938.